The Labute approximate surface area is 124 Å². The fourth-order valence-corrected chi connectivity index (χ4v) is 3.10. The molecule has 4 heteroatoms. The van der Waals surface area contributed by atoms with E-state index < -0.39 is 17.4 Å². The zero-order valence-electron chi connectivity index (χ0n) is 12.6. The van der Waals surface area contributed by atoms with Gasteiger partial charge in [-0.25, -0.2) is 0 Å². The van der Waals surface area contributed by atoms with Gasteiger partial charge >= 0.3 is 11.9 Å². The summed E-state index contributed by atoms with van der Waals surface area (Å²) in [7, 11) is 2.58. The summed E-state index contributed by atoms with van der Waals surface area (Å²) < 4.78 is 9.75. The minimum absolute atomic E-state index is 0.0770. The number of esters is 2. The summed E-state index contributed by atoms with van der Waals surface area (Å²) in [4.78, 5) is 24.5. The van der Waals surface area contributed by atoms with Crippen LogP contribution in [0.3, 0.4) is 0 Å². The first-order chi connectivity index (χ1) is 9.98. The molecule has 0 spiro atoms. The summed E-state index contributed by atoms with van der Waals surface area (Å²) >= 11 is 0. The quantitative estimate of drug-likeness (QED) is 0.487. The predicted molar refractivity (Wildman–Crippen MR) is 78.9 cm³/mol. The van der Waals surface area contributed by atoms with Crippen LogP contribution in [0.5, 0.6) is 0 Å². The highest BCUT2D eigenvalue weighted by atomic mass is 16.5. The van der Waals surface area contributed by atoms with E-state index in [1.54, 1.807) is 6.08 Å². The van der Waals surface area contributed by atoms with Crippen molar-refractivity contribution < 1.29 is 19.1 Å². The molecular weight excluding hydrogens is 268 g/mol. The monoisotopic (exact) mass is 288 g/mol. The van der Waals surface area contributed by atoms with E-state index >= 15 is 0 Å². The maximum Gasteiger partial charge on any atom is 0.323 e. The largest absolute Gasteiger partial charge is 0.468 e. The van der Waals surface area contributed by atoms with Crippen LogP contribution in [0.2, 0.25) is 0 Å². The number of hydrogen-bond donors (Lipinski definition) is 0. The van der Waals surface area contributed by atoms with Crippen molar-refractivity contribution >= 4 is 11.9 Å². The molecule has 0 saturated heterocycles. The zero-order chi connectivity index (χ0) is 15.6. The Balaban J connectivity index is 2.57. The van der Waals surface area contributed by atoms with Crippen molar-refractivity contribution in [3.8, 4) is 0 Å². The number of ether oxygens (including phenoxy) is 2. The molecule has 1 atom stereocenters. The molecule has 1 unspecified atom stereocenters. The predicted octanol–water partition coefficient (Wildman–Crippen LogP) is 2.54. The third kappa shape index (κ3) is 2.46. The highest BCUT2D eigenvalue weighted by Crippen LogP contribution is 2.44. The van der Waals surface area contributed by atoms with E-state index in [1.165, 1.54) is 14.2 Å². The Bertz CT molecular complexity index is 572. The van der Waals surface area contributed by atoms with Gasteiger partial charge in [0.05, 0.1) is 14.2 Å². The molecule has 112 valence electrons. The van der Waals surface area contributed by atoms with Crippen LogP contribution < -0.4 is 0 Å². The van der Waals surface area contributed by atoms with Gasteiger partial charge in [-0.3, -0.25) is 9.59 Å². The van der Waals surface area contributed by atoms with Crippen LogP contribution in [0.25, 0.3) is 0 Å². The van der Waals surface area contributed by atoms with E-state index in [-0.39, 0.29) is 5.92 Å². The third-order valence-corrected chi connectivity index (χ3v) is 4.20. The molecular formula is C17H20O4. The van der Waals surface area contributed by atoms with Gasteiger partial charge in [-0.2, -0.15) is 0 Å². The Kier molecular flexibility index (Phi) is 4.16. The molecule has 0 fully saturated rings. The summed E-state index contributed by atoms with van der Waals surface area (Å²) in [6, 6.07) is 6.02. The van der Waals surface area contributed by atoms with Gasteiger partial charge in [0.2, 0.25) is 0 Å². The van der Waals surface area contributed by atoms with Gasteiger partial charge < -0.3 is 9.47 Å². The molecule has 21 heavy (non-hydrogen) atoms. The first-order valence-electron chi connectivity index (χ1n) is 6.87. The number of carbonyl (C=O) groups is 2. The molecule has 0 radical (unpaired) electrons. The van der Waals surface area contributed by atoms with Crippen molar-refractivity contribution in [3.63, 3.8) is 0 Å². The van der Waals surface area contributed by atoms with Crippen molar-refractivity contribution in [2.24, 2.45) is 5.41 Å². The first kappa shape index (κ1) is 15.3. The highest BCUT2D eigenvalue weighted by Gasteiger charge is 2.52. The van der Waals surface area contributed by atoms with Crippen molar-refractivity contribution in [2.45, 2.75) is 25.7 Å². The first-order valence-corrected chi connectivity index (χ1v) is 6.87. The maximum atomic E-state index is 12.3. The SMILES string of the molecule is C=CC1CC(C(=O)OC)(C(=O)OC)Cc2ccc(C)cc21. The number of rotatable bonds is 3. The molecule has 0 N–H and O–H groups in total. The minimum Gasteiger partial charge on any atom is -0.468 e. The fraction of sp³-hybridized carbons (Fsp3) is 0.412. The average Bonchev–Trinajstić information content (AvgIpc) is 2.52. The topological polar surface area (TPSA) is 52.6 Å². The molecule has 4 nitrogen and oxygen atoms in total. The van der Waals surface area contributed by atoms with Crippen LogP contribution in [0, 0.1) is 12.3 Å². The van der Waals surface area contributed by atoms with Gasteiger partial charge in [-0.15, -0.1) is 6.58 Å². The van der Waals surface area contributed by atoms with Crippen LogP contribution in [-0.4, -0.2) is 26.2 Å². The molecule has 0 heterocycles. The Morgan fingerprint density at radius 3 is 2.43 bits per heavy atom. The van der Waals surface area contributed by atoms with Crippen molar-refractivity contribution in [1.82, 2.24) is 0 Å². The van der Waals surface area contributed by atoms with E-state index in [9.17, 15) is 9.59 Å². The van der Waals surface area contributed by atoms with E-state index in [4.69, 9.17) is 9.47 Å². The van der Waals surface area contributed by atoms with Gasteiger partial charge in [0.15, 0.2) is 5.41 Å². The van der Waals surface area contributed by atoms with Gasteiger partial charge in [0.25, 0.3) is 0 Å². The molecule has 0 bridgehead atoms. The lowest BCUT2D eigenvalue weighted by molar-refractivity contribution is -0.170. The lowest BCUT2D eigenvalue weighted by Gasteiger charge is -2.36. The lowest BCUT2D eigenvalue weighted by atomic mass is 9.66. The molecule has 1 aliphatic carbocycles. The van der Waals surface area contributed by atoms with Crippen LogP contribution >= 0.6 is 0 Å². The molecule has 1 aliphatic rings. The second-order valence-corrected chi connectivity index (χ2v) is 5.49. The summed E-state index contributed by atoms with van der Waals surface area (Å²) in [5.41, 5.74) is 1.94. The Morgan fingerprint density at radius 1 is 1.29 bits per heavy atom. The van der Waals surface area contributed by atoms with Crippen molar-refractivity contribution in [3.05, 3.63) is 47.5 Å². The molecule has 1 aromatic rings. The Hall–Kier alpha value is -2.10. The number of allylic oxidation sites excluding steroid dienone is 1. The Morgan fingerprint density at radius 2 is 1.90 bits per heavy atom. The van der Waals surface area contributed by atoms with E-state index in [0.717, 1.165) is 16.7 Å². The molecule has 0 saturated carbocycles. The molecule has 0 aromatic heterocycles. The number of aryl methyl sites for hydroxylation is 1. The van der Waals surface area contributed by atoms with Gasteiger partial charge in [-0.1, -0.05) is 29.8 Å². The summed E-state index contributed by atoms with van der Waals surface area (Å²) in [5, 5.41) is 0. The number of carbonyl (C=O) groups excluding carboxylic acids is 2. The second-order valence-electron chi connectivity index (χ2n) is 5.49. The molecule has 2 rings (SSSR count). The van der Waals surface area contributed by atoms with Crippen LogP contribution in [0.1, 0.15) is 29.0 Å². The number of hydrogen-bond acceptors (Lipinski definition) is 4. The van der Waals surface area contributed by atoms with Crippen LogP contribution in [0.4, 0.5) is 0 Å². The van der Waals surface area contributed by atoms with Gasteiger partial charge in [0.1, 0.15) is 0 Å². The van der Waals surface area contributed by atoms with Crippen molar-refractivity contribution in [1.29, 1.82) is 0 Å². The van der Waals surface area contributed by atoms with E-state index in [1.807, 2.05) is 19.1 Å². The molecule has 0 aliphatic heterocycles. The maximum absolute atomic E-state index is 12.3. The van der Waals surface area contributed by atoms with Gasteiger partial charge in [0, 0.05) is 5.92 Å². The fourth-order valence-electron chi connectivity index (χ4n) is 3.10. The normalized spacial score (nSPS) is 19.3. The highest BCUT2D eigenvalue weighted by molar-refractivity contribution is 6.00. The van der Waals surface area contributed by atoms with Crippen molar-refractivity contribution in [2.75, 3.05) is 14.2 Å². The summed E-state index contributed by atoms with van der Waals surface area (Å²) in [6.45, 7) is 5.86. The smallest absolute Gasteiger partial charge is 0.323 e. The van der Waals surface area contributed by atoms with E-state index in [2.05, 4.69) is 12.6 Å². The summed E-state index contributed by atoms with van der Waals surface area (Å²) in [5.74, 6) is -1.17. The van der Waals surface area contributed by atoms with Crippen LogP contribution in [-0.2, 0) is 25.5 Å². The number of fused-ring (bicyclic) bond motifs is 1. The van der Waals surface area contributed by atoms with Crippen LogP contribution in [0.15, 0.2) is 30.9 Å². The van der Waals surface area contributed by atoms with E-state index in [0.29, 0.717) is 12.8 Å². The number of methoxy groups -OCH3 is 2. The molecule has 1 aromatic carbocycles. The number of benzene rings is 1. The van der Waals surface area contributed by atoms with Gasteiger partial charge in [-0.05, 0) is 30.9 Å². The third-order valence-electron chi connectivity index (χ3n) is 4.20. The standard InChI is InChI=1S/C17H20O4/c1-5-12-9-17(15(18)20-3,16(19)21-4)10-13-7-6-11(2)8-14(12)13/h5-8,12H,1,9-10H2,2-4H3. The lowest BCUT2D eigenvalue weighted by Crippen LogP contribution is -2.46. The molecule has 0 amide bonds. The second kappa shape index (κ2) is 5.72. The zero-order valence-corrected chi connectivity index (χ0v) is 12.6. The minimum atomic E-state index is -1.29. The summed E-state index contributed by atoms with van der Waals surface area (Å²) in [6.07, 6.45) is 2.40. The average molecular weight is 288 g/mol.